The first-order valence-corrected chi connectivity index (χ1v) is 6.35. The molecule has 0 saturated carbocycles. The van der Waals surface area contributed by atoms with Gasteiger partial charge < -0.3 is 4.90 Å². The van der Waals surface area contributed by atoms with E-state index in [9.17, 15) is 0 Å². The minimum atomic E-state index is 0.812. The van der Waals surface area contributed by atoms with Crippen molar-refractivity contribution in [3.63, 3.8) is 0 Å². The summed E-state index contributed by atoms with van der Waals surface area (Å²) in [5.41, 5.74) is 0. The van der Waals surface area contributed by atoms with Crippen LogP contribution in [-0.4, -0.2) is 34.8 Å². The Hall–Kier alpha value is -0.180. The Morgan fingerprint density at radius 1 is 1.38 bits per heavy atom. The third-order valence-electron chi connectivity index (χ3n) is 2.92. The van der Waals surface area contributed by atoms with E-state index in [0.29, 0.717) is 0 Å². The van der Waals surface area contributed by atoms with E-state index >= 15 is 0 Å². The number of nitrogens with one attached hydrogen (secondary N) is 1. The maximum Gasteiger partial charge on any atom is 0.0958 e. The first-order chi connectivity index (χ1) is 6.36. The molecule has 0 aromatic rings. The van der Waals surface area contributed by atoms with E-state index in [-0.39, 0.29) is 0 Å². The molecule has 2 heterocycles. The second kappa shape index (κ2) is 4.36. The largest absolute Gasteiger partial charge is 0.359 e. The number of hydrogen-bond donors (Lipinski definition) is 1. The van der Waals surface area contributed by atoms with E-state index in [1.54, 1.807) is 0 Å². The highest BCUT2D eigenvalue weighted by Gasteiger charge is 2.22. The maximum atomic E-state index is 7.74. The molecule has 13 heavy (non-hydrogen) atoms. The summed E-state index contributed by atoms with van der Waals surface area (Å²) in [6.07, 6.45) is 6.39. The Kier molecular flexibility index (Phi) is 3.14. The van der Waals surface area contributed by atoms with E-state index in [4.69, 9.17) is 5.41 Å². The molecule has 0 aromatic heterocycles. The molecule has 0 spiro atoms. The third-order valence-corrected chi connectivity index (χ3v) is 4.30. The molecule has 0 aliphatic carbocycles. The monoisotopic (exact) mass is 198 g/mol. The molecule has 1 unspecified atom stereocenters. The quantitative estimate of drug-likeness (QED) is 0.737. The SMILES string of the molecule is N=C1CCCN1CC1CCCCS1. The minimum absolute atomic E-state index is 0.812. The van der Waals surface area contributed by atoms with Crippen molar-refractivity contribution in [3.8, 4) is 0 Å². The van der Waals surface area contributed by atoms with Gasteiger partial charge in [-0.3, -0.25) is 5.41 Å². The van der Waals surface area contributed by atoms with Crippen LogP contribution < -0.4 is 0 Å². The molecule has 2 fully saturated rings. The van der Waals surface area contributed by atoms with Crippen LogP contribution in [0.4, 0.5) is 0 Å². The van der Waals surface area contributed by atoms with Crippen LogP contribution in [0.3, 0.4) is 0 Å². The molecule has 2 aliphatic heterocycles. The van der Waals surface area contributed by atoms with Gasteiger partial charge in [0.2, 0.25) is 0 Å². The fourth-order valence-corrected chi connectivity index (χ4v) is 3.45. The molecule has 0 amide bonds. The van der Waals surface area contributed by atoms with Crippen LogP contribution in [0.2, 0.25) is 0 Å². The molecule has 0 radical (unpaired) electrons. The predicted molar refractivity (Wildman–Crippen MR) is 58.6 cm³/mol. The van der Waals surface area contributed by atoms with E-state index in [1.807, 2.05) is 0 Å². The van der Waals surface area contributed by atoms with Gasteiger partial charge in [-0.25, -0.2) is 0 Å². The van der Waals surface area contributed by atoms with Gasteiger partial charge in [-0.15, -0.1) is 0 Å². The molecule has 0 bridgehead atoms. The lowest BCUT2D eigenvalue weighted by molar-refractivity contribution is 0.432. The van der Waals surface area contributed by atoms with E-state index in [1.165, 1.54) is 31.4 Å². The Morgan fingerprint density at radius 2 is 2.31 bits per heavy atom. The van der Waals surface area contributed by atoms with Gasteiger partial charge in [0.1, 0.15) is 0 Å². The molecule has 2 nitrogen and oxygen atoms in total. The van der Waals surface area contributed by atoms with Crippen LogP contribution in [-0.2, 0) is 0 Å². The van der Waals surface area contributed by atoms with Crippen molar-refractivity contribution in [1.29, 1.82) is 5.41 Å². The first-order valence-electron chi connectivity index (χ1n) is 5.30. The standard InChI is InChI=1S/C10H18N2S/c11-10-5-3-6-12(10)8-9-4-1-2-7-13-9/h9,11H,1-8H2. The molecule has 0 aromatic carbocycles. The second-order valence-electron chi connectivity index (χ2n) is 3.98. The summed E-state index contributed by atoms with van der Waals surface area (Å²) in [5.74, 6) is 2.22. The average molecular weight is 198 g/mol. The molecule has 3 heteroatoms. The number of nitrogens with zero attached hydrogens (tertiary/aromatic N) is 1. The molecule has 1 atom stereocenters. The normalized spacial score (nSPS) is 29.7. The summed E-state index contributed by atoms with van der Waals surface area (Å²) in [7, 11) is 0. The highest BCUT2D eigenvalue weighted by Crippen LogP contribution is 2.26. The highest BCUT2D eigenvalue weighted by molar-refractivity contribution is 7.99. The van der Waals surface area contributed by atoms with Gasteiger partial charge in [-0.1, -0.05) is 6.42 Å². The van der Waals surface area contributed by atoms with Crippen molar-refractivity contribution in [2.75, 3.05) is 18.8 Å². The summed E-state index contributed by atoms with van der Waals surface area (Å²) in [5, 5.41) is 8.55. The number of amidine groups is 1. The Bertz CT molecular complexity index is 187. The van der Waals surface area contributed by atoms with Gasteiger partial charge in [0.05, 0.1) is 5.84 Å². The number of thioether (sulfide) groups is 1. The van der Waals surface area contributed by atoms with E-state index in [0.717, 1.165) is 30.6 Å². The zero-order valence-electron chi connectivity index (χ0n) is 8.09. The van der Waals surface area contributed by atoms with E-state index in [2.05, 4.69) is 16.7 Å². The summed E-state index contributed by atoms with van der Waals surface area (Å²) >= 11 is 2.11. The molecular formula is C10H18N2S. The van der Waals surface area contributed by atoms with Gasteiger partial charge in [-0.05, 0) is 25.0 Å². The number of rotatable bonds is 2. The predicted octanol–water partition coefficient (Wildman–Crippen LogP) is 2.35. The fraction of sp³-hybridized carbons (Fsp3) is 0.900. The minimum Gasteiger partial charge on any atom is -0.359 e. The topological polar surface area (TPSA) is 27.1 Å². The molecule has 2 saturated heterocycles. The number of likely N-dealkylation sites (tertiary alicyclic amines) is 1. The van der Waals surface area contributed by atoms with Crippen molar-refractivity contribution < 1.29 is 0 Å². The smallest absolute Gasteiger partial charge is 0.0958 e. The van der Waals surface area contributed by atoms with Crippen LogP contribution in [0.25, 0.3) is 0 Å². The van der Waals surface area contributed by atoms with Crippen molar-refractivity contribution in [2.24, 2.45) is 0 Å². The van der Waals surface area contributed by atoms with Crippen molar-refractivity contribution in [3.05, 3.63) is 0 Å². The van der Waals surface area contributed by atoms with Crippen LogP contribution in [0.15, 0.2) is 0 Å². The maximum absolute atomic E-state index is 7.74. The van der Waals surface area contributed by atoms with Crippen molar-refractivity contribution in [2.45, 2.75) is 37.4 Å². The third kappa shape index (κ3) is 2.39. The van der Waals surface area contributed by atoms with Gasteiger partial charge in [0.25, 0.3) is 0 Å². The molecule has 1 N–H and O–H groups in total. The zero-order chi connectivity index (χ0) is 9.10. The van der Waals surface area contributed by atoms with Gasteiger partial charge in [0.15, 0.2) is 0 Å². The zero-order valence-corrected chi connectivity index (χ0v) is 8.91. The Morgan fingerprint density at radius 3 is 2.92 bits per heavy atom. The fourth-order valence-electron chi connectivity index (χ4n) is 2.13. The molecular weight excluding hydrogens is 180 g/mol. The Balaban J connectivity index is 1.79. The molecule has 74 valence electrons. The second-order valence-corrected chi connectivity index (χ2v) is 5.39. The van der Waals surface area contributed by atoms with Gasteiger partial charge in [0, 0.05) is 24.8 Å². The molecule has 2 rings (SSSR count). The van der Waals surface area contributed by atoms with Crippen LogP contribution in [0.5, 0.6) is 0 Å². The van der Waals surface area contributed by atoms with Crippen LogP contribution >= 0.6 is 11.8 Å². The first kappa shape index (κ1) is 9.38. The summed E-state index contributed by atoms with van der Waals surface area (Å²) in [4.78, 5) is 2.28. The summed E-state index contributed by atoms with van der Waals surface area (Å²) < 4.78 is 0. The van der Waals surface area contributed by atoms with Crippen LogP contribution in [0, 0.1) is 5.41 Å². The van der Waals surface area contributed by atoms with Crippen molar-refractivity contribution in [1.82, 2.24) is 4.90 Å². The lowest BCUT2D eigenvalue weighted by atomic mass is 10.2. The van der Waals surface area contributed by atoms with Crippen molar-refractivity contribution >= 4 is 17.6 Å². The van der Waals surface area contributed by atoms with Gasteiger partial charge in [-0.2, -0.15) is 11.8 Å². The van der Waals surface area contributed by atoms with E-state index < -0.39 is 0 Å². The van der Waals surface area contributed by atoms with Gasteiger partial charge >= 0.3 is 0 Å². The Labute approximate surface area is 84.6 Å². The average Bonchev–Trinajstić information content (AvgIpc) is 2.54. The lowest BCUT2D eigenvalue weighted by Crippen LogP contribution is -2.32. The van der Waals surface area contributed by atoms with Crippen LogP contribution in [0.1, 0.15) is 32.1 Å². The summed E-state index contributed by atoms with van der Waals surface area (Å²) in [6.45, 7) is 2.28. The lowest BCUT2D eigenvalue weighted by Gasteiger charge is -2.27. The molecule has 2 aliphatic rings. The highest BCUT2D eigenvalue weighted by atomic mass is 32.2. The summed E-state index contributed by atoms with van der Waals surface area (Å²) in [6, 6.07) is 0. The number of hydrogen-bond acceptors (Lipinski definition) is 2.